The normalized spacial score (nSPS) is 14.0. The summed E-state index contributed by atoms with van der Waals surface area (Å²) < 4.78 is 18.6. The quantitative estimate of drug-likeness (QED) is 0.487. The average Bonchev–Trinajstić information content (AvgIpc) is 3.31. The van der Waals surface area contributed by atoms with Gasteiger partial charge in [-0.05, 0) is 66.9 Å². The van der Waals surface area contributed by atoms with E-state index in [2.05, 4.69) is 0 Å². The lowest BCUT2D eigenvalue weighted by Crippen LogP contribution is -2.35. The van der Waals surface area contributed by atoms with E-state index in [1.54, 1.807) is 4.90 Å². The van der Waals surface area contributed by atoms with Crippen molar-refractivity contribution in [2.75, 3.05) is 18.0 Å². The fourth-order valence-electron chi connectivity index (χ4n) is 3.08. The molecule has 0 spiro atoms. The van der Waals surface area contributed by atoms with Gasteiger partial charge in [0.1, 0.15) is 5.82 Å². The van der Waals surface area contributed by atoms with Crippen LogP contribution >= 0.6 is 11.3 Å². The van der Waals surface area contributed by atoms with E-state index in [9.17, 15) is 18.8 Å². The third-order valence-corrected chi connectivity index (χ3v) is 5.33. The molecule has 0 bridgehead atoms. The van der Waals surface area contributed by atoms with Crippen LogP contribution in [0.3, 0.4) is 0 Å². The number of halogens is 1. The summed E-state index contributed by atoms with van der Waals surface area (Å²) >= 11 is 1.53. The third kappa shape index (κ3) is 4.37. The van der Waals surface area contributed by atoms with Crippen molar-refractivity contribution in [1.82, 2.24) is 4.90 Å². The molecule has 1 aliphatic rings. The highest BCUT2D eigenvalue weighted by atomic mass is 32.1. The first kappa shape index (κ1) is 20.7. The SMILES string of the molecule is CCN(CC)C1=C(OC(=O)CCc2ccsc2)C(=O)N(c2ccc(F)cc2)C1=O. The molecule has 2 heterocycles. The number of rotatable bonds is 8. The van der Waals surface area contributed by atoms with Crippen molar-refractivity contribution in [3.8, 4) is 0 Å². The number of amides is 2. The van der Waals surface area contributed by atoms with Crippen molar-refractivity contribution in [3.63, 3.8) is 0 Å². The summed E-state index contributed by atoms with van der Waals surface area (Å²) in [6.45, 7) is 4.59. The average molecular weight is 416 g/mol. The topological polar surface area (TPSA) is 66.9 Å². The molecule has 0 saturated heterocycles. The molecule has 0 radical (unpaired) electrons. The van der Waals surface area contributed by atoms with E-state index in [0.29, 0.717) is 19.5 Å². The Morgan fingerprint density at radius 3 is 2.38 bits per heavy atom. The lowest BCUT2D eigenvalue weighted by Gasteiger charge is -2.22. The number of ether oxygens (including phenoxy) is 1. The predicted octanol–water partition coefficient (Wildman–Crippen LogP) is 3.49. The van der Waals surface area contributed by atoms with Crippen molar-refractivity contribution in [1.29, 1.82) is 0 Å². The van der Waals surface area contributed by atoms with Crippen LogP contribution < -0.4 is 4.90 Å². The molecule has 0 aliphatic carbocycles. The van der Waals surface area contributed by atoms with Crippen LogP contribution in [0.25, 0.3) is 0 Å². The molecule has 1 aliphatic heterocycles. The van der Waals surface area contributed by atoms with E-state index < -0.39 is 23.6 Å². The minimum atomic E-state index is -0.729. The Hall–Kier alpha value is -3.00. The Morgan fingerprint density at radius 2 is 1.79 bits per heavy atom. The molecule has 8 heteroatoms. The van der Waals surface area contributed by atoms with Crippen LogP contribution in [0, 0.1) is 5.82 Å². The van der Waals surface area contributed by atoms with E-state index >= 15 is 0 Å². The second kappa shape index (κ2) is 9.00. The standard InChI is InChI=1S/C21H21FN2O4S/c1-3-23(4-2)18-19(28-17(25)10-5-14-11-12-29-13-14)21(27)24(20(18)26)16-8-6-15(22)7-9-16/h6-9,11-13H,3-5,10H2,1-2H3. The molecule has 6 nitrogen and oxygen atoms in total. The molecule has 0 unspecified atom stereocenters. The lowest BCUT2D eigenvalue weighted by atomic mass is 10.2. The van der Waals surface area contributed by atoms with Crippen LogP contribution in [0.2, 0.25) is 0 Å². The number of esters is 1. The third-order valence-electron chi connectivity index (χ3n) is 4.60. The number of anilines is 1. The summed E-state index contributed by atoms with van der Waals surface area (Å²) in [5.41, 5.74) is 1.27. The molecule has 152 valence electrons. The number of imide groups is 1. The van der Waals surface area contributed by atoms with Crippen molar-refractivity contribution in [2.45, 2.75) is 26.7 Å². The van der Waals surface area contributed by atoms with Gasteiger partial charge in [0.05, 0.1) is 12.1 Å². The number of likely N-dealkylation sites (N-methyl/N-ethyl adjacent to an activating group) is 1. The van der Waals surface area contributed by atoms with Crippen LogP contribution in [0.15, 0.2) is 52.5 Å². The molecule has 0 atom stereocenters. The fraction of sp³-hybridized carbons (Fsp3) is 0.286. The monoisotopic (exact) mass is 416 g/mol. The number of nitrogens with zero attached hydrogens (tertiary/aromatic N) is 2. The van der Waals surface area contributed by atoms with Crippen LogP contribution in [0.1, 0.15) is 25.8 Å². The van der Waals surface area contributed by atoms with E-state index in [-0.39, 0.29) is 23.6 Å². The summed E-state index contributed by atoms with van der Waals surface area (Å²) in [5.74, 6) is -2.67. The number of benzene rings is 1. The van der Waals surface area contributed by atoms with E-state index in [1.165, 1.54) is 23.5 Å². The maximum Gasteiger partial charge on any atom is 0.311 e. The highest BCUT2D eigenvalue weighted by Crippen LogP contribution is 2.30. The zero-order chi connectivity index (χ0) is 21.0. The number of carbonyl (C=O) groups is 3. The fourth-order valence-corrected chi connectivity index (χ4v) is 3.78. The van der Waals surface area contributed by atoms with Gasteiger partial charge in [-0.3, -0.25) is 14.4 Å². The summed E-state index contributed by atoms with van der Waals surface area (Å²) in [6, 6.07) is 6.92. The van der Waals surface area contributed by atoms with Gasteiger partial charge in [-0.1, -0.05) is 0 Å². The summed E-state index contributed by atoms with van der Waals surface area (Å²) in [5, 5.41) is 3.86. The molecule has 0 fully saturated rings. The molecular weight excluding hydrogens is 395 g/mol. The highest BCUT2D eigenvalue weighted by Gasteiger charge is 2.44. The molecule has 1 aromatic carbocycles. The highest BCUT2D eigenvalue weighted by molar-refractivity contribution is 7.07. The van der Waals surface area contributed by atoms with Crippen molar-refractivity contribution in [2.24, 2.45) is 0 Å². The Bertz CT molecular complexity index is 934. The minimum absolute atomic E-state index is 0.0493. The van der Waals surface area contributed by atoms with Crippen molar-refractivity contribution >= 4 is 34.8 Å². The van der Waals surface area contributed by atoms with E-state index in [0.717, 1.165) is 22.6 Å². The van der Waals surface area contributed by atoms with Gasteiger partial charge in [-0.2, -0.15) is 11.3 Å². The molecule has 29 heavy (non-hydrogen) atoms. The van der Waals surface area contributed by atoms with Crippen molar-refractivity contribution in [3.05, 3.63) is 63.9 Å². The van der Waals surface area contributed by atoms with Gasteiger partial charge in [-0.25, -0.2) is 9.29 Å². The molecule has 1 aromatic heterocycles. The summed E-state index contributed by atoms with van der Waals surface area (Å²) in [6.07, 6.45) is 0.573. The lowest BCUT2D eigenvalue weighted by molar-refractivity contribution is -0.142. The van der Waals surface area contributed by atoms with E-state index in [4.69, 9.17) is 4.74 Å². The molecule has 2 amide bonds. The smallest absolute Gasteiger partial charge is 0.311 e. The van der Waals surface area contributed by atoms with Gasteiger partial charge >= 0.3 is 11.9 Å². The Morgan fingerprint density at radius 1 is 1.10 bits per heavy atom. The van der Waals surface area contributed by atoms with Gasteiger partial charge in [0.15, 0.2) is 5.70 Å². The van der Waals surface area contributed by atoms with Crippen molar-refractivity contribution < 1.29 is 23.5 Å². The number of hydrogen-bond acceptors (Lipinski definition) is 6. The summed E-state index contributed by atoms with van der Waals surface area (Å²) in [7, 11) is 0. The van der Waals surface area contributed by atoms with Crippen LogP contribution in [0.4, 0.5) is 10.1 Å². The predicted molar refractivity (Wildman–Crippen MR) is 108 cm³/mol. The molecule has 2 aromatic rings. The minimum Gasteiger partial charge on any atom is -0.418 e. The van der Waals surface area contributed by atoms with Gasteiger partial charge in [0.2, 0.25) is 5.76 Å². The first-order chi connectivity index (χ1) is 14.0. The van der Waals surface area contributed by atoms with Crippen LogP contribution in [0.5, 0.6) is 0 Å². The first-order valence-corrected chi connectivity index (χ1v) is 10.3. The first-order valence-electron chi connectivity index (χ1n) is 9.31. The van der Waals surface area contributed by atoms with Crippen LogP contribution in [-0.4, -0.2) is 35.8 Å². The Kier molecular flexibility index (Phi) is 6.43. The second-order valence-electron chi connectivity index (χ2n) is 6.38. The maximum absolute atomic E-state index is 13.3. The van der Waals surface area contributed by atoms with Gasteiger partial charge in [0.25, 0.3) is 5.91 Å². The maximum atomic E-state index is 13.3. The van der Waals surface area contributed by atoms with E-state index in [1.807, 2.05) is 30.7 Å². The largest absolute Gasteiger partial charge is 0.418 e. The second-order valence-corrected chi connectivity index (χ2v) is 7.16. The molecule has 0 saturated carbocycles. The molecule has 3 rings (SSSR count). The number of aryl methyl sites for hydroxylation is 1. The number of hydrogen-bond donors (Lipinski definition) is 0. The van der Waals surface area contributed by atoms with Crippen LogP contribution in [-0.2, 0) is 25.5 Å². The van der Waals surface area contributed by atoms with Gasteiger partial charge < -0.3 is 9.64 Å². The Balaban J connectivity index is 1.86. The Labute approximate surface area is 172 Å². The summed E-state index contributed by atoms with van der Waals surface area (Å²) in [4.78, 5) is 40.9. The zero-order valence-electron chi connectivity index (χ0n) is 16.2. The van der Waals surface area contributed by atoms with Gasteiger partial charge in [0, 0.05) is 13.1 Å². The molecule has 0 N–H and O–H groups in total. The van der Waals surface area contributed by atoms with Gasteiger partial charge in [-0.15, -0.1) is 0 Å². The molecular formula is C21H21FN2O4S. The number of thiophene rings is 1. The zero-order valence-corrected chi connectivity index (χ0v) is 17.0. The number of carbonyl (C=O) groups excluding carboxylic acids is 3.